The van der Waals surface area contributed by atoms with Gasteiger partial charge in [-0.3, -0.25) is 25.2 Å². The molecule has 5 rings (SSSR count). The fourth-order valence-corrected chi connectivity index (χ4v) is 6.17. The lowest BCUT2D eigenvalue weighted by atomic mass is 9.49. The topological polar surface area (TPSA) is 87.3 Å². The SMILES string of the molecule is Cc1ccc(C(=O)NNC(=O)[C@H](C)NC(=O)C23CC4CC(CC(C4)C2)C3)c(C)c1. The molecule has 156 valence electrons. The summed E-state index contributed by atoms with van der Waals surface area (Å²) in [4.78, 5) is 37.9. The van der Waals surface area contributed by atoms with Gasteiger partial charge in [0, 0.05) is 11.0 Å². The van der Waals surface area contributed by atoms with E-state index in [4.69, 9.17) is 0 Å². The van der Waals surface area contributed by atoms with Gasteiger partial charge in [-0.15, -0.1) is 0 Å². The quantitative estimate of drug-likeness (QED) is 0.683. The van der Waals surface area contributed by atoms with Gasteiger partial charge in [-0.25, -0.2) is 0 Å². The Morgan fingerprint density at radius 3 is 2.10 bits per heavy atom. The van der Waals surface area contributed by atoms with Gasteiger partial charge in [-0.2, -0.15) is 0 Å². The molecule has 6 heteroatoms. The standard InChI is InChI=1S/C23H31N3O3/c1-13-4-5-19(14(2)6-13)21(28)26-25-20(27)15(3)24-22(29)23-10-16-7-17(11-23)9-18(8-16)12-23/h4-6,15-18H,7-12H2,1-3H3,(H,24,29)(H,25,27)(H,26,28)/t15-,16?,17?,18?,23?/m0/s1. The van der Waals surface area contributed by atoms with E-state index in [1.165, 1.54) is 19.3 Å². The second-order valence-electron chi connectivity index (χ2n) is 9.65. The highest BCUT2D eigenvalue weighted by Gasteiger charge is 2.54. The van der Waals surface area contributed by atoms with Gasteiger partial charge in [0.2, 0.25) is 5.91 Å². The average Bonchev–Trinajstić information content (AvgIpc) is 2.64. The summed E-state index contributed by atoms with van der Waals surface area (Å²) in [7, 11) is 0. The molecule has 4 fully saturated rings. The molecule has 1 atom stereocenters. The first kappa shape index (κ1) is 19.9. The van der Waals surface area contributed by atoms with Crippen molar-refractivity contribution in [3.63, 3.8) is 0 Å². The monoisotopic (exact) mass is 397 g/mol. The van der Waals surface area contributed by atoms with Crippen molar-refractivity contribution >= 4 is 17.7 Å². The molecule has 6 nitrogen and oxygen atoms in total. The minimum absolute atomic E-state index is 0.0138. The first-order valence-electron chi connectivity index (χ1n) is 10.7. The Morgan fingerprint density at radius 2 is 1.55 bits per heavy atom. The number of nitrogens with one attached hydrogen (secondary N) is 3. The Bertz CT molecular complexity index is 812. The van der Waals surface area contributed by atoms with Gasteiger partial charge in [0.15, 0.2) is 0 Å². The number of amides is 3. The number of benzene rings is 1. The Balaban J connectivity index is 1.31. The van der Waals surface area contributed by atoms with Crippen molar-refractivity contribution in [3.8, 4) is 0 Å². The van der Waals surface area contributed by atoms with Crippen LogP contribution in [0.25, 0.3) is 0 Å². The molecule has 0 radical (unpaired) electrons. The van der Waals surface area contributed by atoms with E-state index >= 15 is 0 Å². The normalized spacial score (nSPS) is 30.5. The third-order valence-corrected chi connectivity index (χ3v) is 7.19. The number of carbonyl (C=O) groups is 3. The molecule has 0 spiro atoms. The maximum atomic E-state index is 13.1. The van der Waals surface area contributed by atoms with E-state index in [2.05, 4.69) is 16.2 Å². The zero-order chi connectivity index (χ0) is 20.8. The van der Waals surface area contributed by atoms with Crippen LogP contribution in [-0.2, 0) is 9.59 Å². The van der Waals surface area contributed by atoms with Crippen molar-refractivity contribution in [2.24, 2.45) is 23.2 Å². The van der Waals surface area contributed by atoms with E-state index in [1.807, 2.05) is 26.0 Å². The first-order chi connectivity index (χ1) is 13.8. The summed E-state index contributed by atoms with van der Waals surface area (Å²) >= 11 is 0. The molecule has 1 aromatic rings. The van der Waals surface area contributed by atoms with Crippen LogP contribution in [0.15, 0.2) is 18.2 Å². The molecule has 0 aromatic heterocycles. The average molecular weight is 398 g/mol. The lowest BCUT2D eigenvalue weighted by Crippen LogP contribution is -2.57. The summed E-state index contributed by atoms with van der Waals surface area (Å²) in [6.07, 6.45) is 6.70. The molecule has 29 heavy (non-hydrogen) atoms. The fourth-order valence-electron chi connectivity index (χ4n) is 6.17. The minimum atomic E-state index is -0.699. The van der Waals surface area contributed by atoms with Crippen LogP contribution in [0.4, 0.5) is 0 Å². The van der Waals surface area contributed by atoms with Crippen molar-refractivity contribution in [1.29, 1.82) is 0 Å². The van der Waals surface area contributed by atoms with Gasteiger partial charge in [0.1, 0.15) is 6.04 Å². The molecule has 4 saturated carbocycles. The van der Waals surface area contributed by atoms with Crippen LogP contribution in [-0.4, -0.2) is 23.8 Å². The van der Waals surface area contributed by atoms with Gasteiger partial charge in [0.05, 0.1) is 0 Å². The Hall–Kier alpha value is -2.37. The molecule has 3 N–H and O–H groups in total. The largest absolute Gasteiger partial charge is 0.344 e. The van der Waals surface area contributed by atoms with E-state index in [0.29, 0.717) is 23.3 Å². The maximum absolute atomic E-state index is 13.1. The molecular formula is C23H31N3O3. The minimum Gasteiger partial charge on any atom is -0.344 e. The molecule has 3 amide bonds. The first-order valence-corrected chi connectivity index (χ1v) is 10.7. The zero-order valence-corrected chi connectivity index (χ0v) is 17.5. The number of rotatable bonds is 4. The van der Waals surface area contributed by atoms with Crippen molar-refractivity contribution in [2.45, 2.75) is 65.3 Å². The second kappa shape index (κ2) is 7.47. The number of aryl methyl sites for hydroxylation is 2. The lowest BCUT2D eigenvalue weighted by Gasteiger charge is -2.55. The van der Waals surface area contributed by atoms with Gasteiger partial charge in [-0.05, 0) is 88.7 Å². The molecular weight excluding hydrogens is 366 g/mol. The van der Waals surface area contributed by atoms with E-state index < -0.39 is 11.9 Å². The van der Waals surface area contributed by atoms with Crippen molar-refractivity contribution in [3.05, 3.63) is 34.9 Å². The van der Waals surface area contributed by atoms with E-state index in [0.717, 1.165) is 30.4 Å². The van der Waals surface area contributed by atoms with Crippen LogP contribution >= 0.6 is 0 Å². The highest BCUT2D eigenvalue weighted by molar-refractivity contribution is 5.97. The number of hydrazine groups is 1. The lowest BCUT2D eigenvalue weighted by molar-refractivity contribution is -0.148. The Kier molecular flexibility index (Phi) is 5.13. The fraction of sp³-hybridized carbons (Fsp3) is 0.609. The van der Waals surface area contributed by atoms with Gasteiger partial charge in [-0.1, -0.05) is 17.7 Å². The predicted octanol–water partition coefficient (Wildman–Crippen LogP) is 2.79. The molecule has 0 saturated heterocycles. The number of hydrogen-bond acceptors (Lipinski definition) is 3. The summed E-state index contributed by atoms with van der Waals surface area (Å²) in [6.45, 7) is 5.49. The predicted molar refractivity (Wildman–Crippen MR) is 110 cm³/mol. The van der Waals surface area contributed by atoms with Gasteiger partial charge in [0.25, 0.3) is 11.8 Å². The van der Waals surface area contributed by atoms with Gasteiger partial charge < -0.3 is 5.32 Å². The molecule has 4 aliphatic carbocycles. The van der Waals surface area contributed by atoms with Crippen LogP contribution in [0, 0.1) is 37.0 Å². The maximum Gasteiger partial charge on any atom is 0.269 e. The molecule has 1 aromatic carbocycles. The van der Waals surface area contributed by atoms with E-state index in [1.54, 1.807) is 13.0 Å². The highest BCUT2D eigenvalue weighted by Crippen LogP contribution is 2.60. The summed E-state index contributed by atoms with van der Waals surface area (Å²) < 4.78 is 0. The number of carbonyl (C=O) groups excluding carboxylic acids is 3. The zero-order valence-electron chi connectivity index (χ0n) is 17.5. The molecule has 0 aliphatic heterocycles. The van der Waals surface area contributed by atoms with Crippen LogP contribution in [0.3, 0.4) is 0 Å². The van der Waals surface area contributed by atoms with Crippen LogP contribution in [0.2, 0.25) is 0 Å². The Morgan fingerprint density at radius 1 is 0.966 bits per heavy atom. The van der Waals surface area contributed by atoms with Crippen LogP contribution in [0.5, 0.6) is 0 Å². The van der Waals surface area contributed by atoms with Crippen molar-refractivity contribution in [2.75, 3.05) is 0 Å². The second-order valence-corrected chi connectivity index (χ2v) is 9.65. The highest BCUT2D eigenvalue weighted by atomic mass is 16.2. The van der Waals surface area contributed by atoms with Crippen LogP contribution in [0.1, 0.15) is 66.9 Å². The number of hydrogen-bond donors (Lipinski definition) is 3. The van der Waals surface area contributed by atoms with Crippen molar-refractivity contribution in [1.82, 2.24) is 16.2 Å². The summed E-state index contributed by atoms with van der Waals surface area (Å²) in [6, 6.07) is 4.82. The summed E-state index contributed by atoms with van der Waals surface area (Å²) in [5, 5.41) is 2.92. The van der Waals surface area contributed by atoms with E-state index in [-0.39, 0.29) is 17.2 Å². The Labute approximate surface area is 172 Å². The summed E-state index contributed by atoms with van der Waals surface area (Å²) in [5.41, 5.74) is 7.06. The van der Waals surface area contributed by atoms with Crippen molar-refractivity contribution < 1.29 is 14.4 Å². The van der Waals surface area contributed by atoms with Gasteiger partial charge >= 0.3 is 0 Å². The molecule has 0 heterocycles. The smallest absolute Gasteiger partial charge is 0.269 e. The summed E-state index contributed by atoms with van der Waals surface area (Å²) in [5.74, 6) is 1.26. The molecule has 0 unspecified atom stereocenters. The molecule has 4 bridgehead atoms. The third kappa shape index (κ3) is 3.89. The molecule has 4 aliphatic rings. The third-order valence-electron chi connectivity index (χ3n) is 7.19. The van der Waals surface area contributed by atoms with Crippen LogP contribution < -0.4 is 16.2 Å². The van der Waals surface area contributed by atoms with E-state index in [9.17, 15) is 14.4 Å².